The van der Waals surface area contributed by atoms with Gasteiger partial charge in [-0.15, -0.1) is 0 Å². The summed E-state index contributed by atoms with van der Waals surface area (Å²) in [7, 11) is -3.32. The average Bonchev–Trinajstić information content (AvgIpc) is 2.34. The number of carbonyl (C=O) groups is 1. The largest absolute Gasteiger partial charge is 0.385 e. The molecule has 0 aliphatic heterocycles. The molecule has 0 atom stereocenters. The van der Waals surface area contributed by atoms with E-state index in [2.05, 4.69) is 15.4 Å². The van der Waals surface area contributed by atoms with Gasteiger partial charge in [0, 0.05) is 24.3 Å². The fourth-order valence-electron chi connectivity index (χ4n) is 1.96. The zero-order chi connectivity index (χ0) is 16.1. The quantitative estimate of drug-likeness (QED) is 0.705. The predicted octanol–water partition coefficient (Wildman–Crippen LogP) is 1.18. The standard InChI is InChI=1S/C14H23N3O3S/c1-5-15-12-9-7-6-8-11(12)13(18)16-10-14(2,3)17-21(4,19)20/h6-9,15,17H,5,10H2,1-4H3,(H,16,18). The number of rotatable bonds is 7. The van der Waals surface area contributed by atoms with Gasteiger partial charge in [0.15, 0.2) is 0 Å². The smallest absolute Gasteiger partial charge is 0.253 e. The van der Waals surface area contributed by atoms with Crippen molar-refractivity contribution in [3.8, 4) is 0 Å². The molecule has 7 heteroatoms. The second kappa shape index (κ2) is 6.91. The summed E-state index contributed by atoms with van der Waals surface area (Å²) in [4.78, 5) is 12.2. The van der Waals surface area contributed by atoms with Gasteiger partial charge in [-0.1, -0.05) is 12.1 Å². The lowest BCUT2D eigenvalue weighted by molar-refractivity contribution is 0.0945. The third-order valence-electron chi connectivity index (χ3n) is 2.69. The molecule has 0 aromatic heterocycles. The van der Waals surface area contributed by atoms with Crippen molar-refractivity contribution in [2.75, 3.05) is 24.7 Å². The highest BCUT2D eigenvalue weighted by Gasteiger charge is 2.23. The molecular formula is C14H23N3O3S. The number of amides is 1. The molecule has 6 nitrogen and oxygen atoms in total. The zero-order valence-corrected chi connectivity index (χ0v) is 13.7. The van der Waals surface area contributed by atoms with E-state index in [9.17, 15) is 13.2 Å². The van der Waals surface area contributed by atoms with Gasteiger partial charge in [-0.25, -0.2) is 13.1 Å². The van der Waals surface area contributed by atoms with Crippen molar-refractivity contribution >= 4 is 21.6 Å². The highest BCUT2D eigenvalue weighted by Crippen LogP contribution is 2.14. The van der Waals surface area contributed by atoms with Gasteiger partial charge < -0.3 is 10.6 Å². The lowest BCUT2D eigenvalue weighted by Crippen LogP contribution is -2.51. The van der Waals surface area contributed by atoms with Gasteiger partial charge in [-0.3, -0.25) is 4.79 Å². The number of nitrogens with one attached hydrogen (secondary N) is 3. The lowest BCUT2D eigenvalue weighted by Gasteiger charge is -2.25. The minimum Gasteiger partial charge on any atom is -0.385 e. The van der Waals surface area contributed by atoms with Crippen molar-refractivity contribution in [3.63, 3.8) is 0 Å². The molecule has 1 aromatic carbocycles. The van der Waals surface area contributed by atoms with Gasteiger partial charge in [0.05, 0.1) is 11.8 Å². The predicted molar refractivity (Wildman–Crippen MR) is 85.0 cm³/mol. The topological polar surface area (TPSA) is 87.3 Å². The van der Waals surface area contributed by atoms with Crippen molar-refractivity contribution in [3.05, 3.63) is 29.8 Å². The number of hydrogen-bond acceptors (Lipinski definition) is 4. The molecule has 1 amide bonds. The van der Waals surface area contributed by atoms with Gasteiger partial charge >= 0.3 is 0 Å². The molecule has 3 N–H and O–H groups in total. The van der Waals surface area contributed by atoms with Crippen LogP contribution in [0.3, 0.4) is 0 Å². The van der Waals surface area contributed by atoms with Crippen LogP contribution in [0.2, 0.25) is 0 Å². The summed E-state index contributed by atoms with van der Waals surface area (Å²) in [5.74, 6) is -0.241. The molecule has 0 fully saturated rings. The molecule has 0 heterocycles. The Morgan fingerprint density at radius 3 is 2.43 bits per heavy atom. The SMILES string of the molecule is CCNc1ccccc1C(=O)NCC(C)(C)NS(C)(=O)=O. The van der Waals surface area contributed by atoms with Crippen LogP contribution >= 0.6 is 0 Å². The molecule has 0 unspecified atom stereocenters. The number of sulfonamides is 1. The first-order valence-corrected chi connectivity index (χ1v) is 8.64. The maximum Gasteiger partial charge on any atom is 0.253 e. The van der Waals surface area contributed by atoms with Crippen LogP contribution in [-0.4, -0.2) is 39.2 Å². The molecule has 0 spiro atoms. The molecule has 0 radical (unpaired) electrons. The zero-order valence-electron chi connectivity index (χ0n) is 12.9. The van der Waals surface area contributed by atoms with Gasteiger partial charge in [-0.05, 0) is 32.9 Å². The van der Waals surface area contributed by atoms with Gasteiger partial charge in [0.1, 0.15) is 0 Å². The molecule has 0 saturated carbocycles. The number of hydrogen-bond donors (Lipinski definition) is 3. The first-order valence-electron chi connectivity index (χ1n) is 6.74. The van der Waals surface area contributed by atoms with Crippen LogP contribution in [0.25, 0.3) is 0 Å². The van der Waals surface area contributed by atoms with Gasteiger partial charge in [-0.2, -0.15) is 0 Å². The molecule has 0 aliphatic rings. The van der Waals surface area contributed by atoms with Crippen LogP contribution < -0.4 is 15.4 Å². The Morgan fingerprint density at radius 2 is 1.86 bits per heavy atom. The van der Waals surface area contributed by atoms with Crippen molar-refractivity contribution in [2.24, 2.45) is 0 Å². The van der Waals surface area contributed by atoms with Crippen LogP contribution in [0, 0.1) is 0 Å². The van der Waals surface area contributed by atoms with E-state index in [1.807, 2.05) is 19.1 Å². The van der Waals surface area contributed by atoms with Crippen LogP contribution in [-0.2, 0) is 10.0 Å². The Kier molecular flexibility index (Phi) is 5.74. The maximum atomic E-state index is 12.2. The summed E-state index contributed by atoms with van der Waals surface area (Å²) in [5, 5.41) is 5.87. The summed E-state index contributed by atoms with van der Waals surface area (Å²) in [5.41, 5.74) is 0.539. The minimum atomic E-state index is -3.32. The van der Waals surface area contributed by atoms with Gasteiger partial charge in [0.25, 0.3) is 5.91 Å². The summed E-state index contributed by atoms with van der Waals surface area (Å²) < 4.78 is 25.0. The van der Waals surface area contributed by atoms with Crippen molar-refractivity contribution in [1.29, 1.82) is 0 Å². The Balaban J connectivity index is 2.74. The van der Waals surface area contributed by atoms with E-state index in [1.165, 1.54) is 0 Å². The summed E-state index contributed by atoms with van der Waals surface area (Å²) in [6.45, 7) is 6.29. The molecule has 0 aliphatic carbocycles. The highest BCUT2D eigenvalue weighted by atomic mass is 32.2. The Hall–Kier alpha value is -1.60. The van der Waals surface area contributed by atoms with Crippen molar-refractivity contribution in [1.82, 2.24) is 10.0 Å². The van der Waals surface area contributed by atoms with Crippen LogP contribution in [0.15, 0.2) is 24.3 Å². The van der Waals surface area contributed by atoms with E-state index < -0.39 is 15.6 Å². The number of carbonyl (C=O) groups excluding carboxylic acids is 1. The minimum absolute atomic E-state index is 0.194. The Labute approximate surface area is 126 Å². The molecule has 0 bridgehead atoms. The Bertz CT molecular complexity index is 597. The van der Waals surface area contributed by atoms with Crippen molar-refractivity contribution < 1.29 is 13.2 Å². The number of para-hydroxylation sites is 1. The van der Waals surface area contributed by atoms with E-state index in [-0.39, 0.29) is 12.5 Å². The van der Waals surface area contributed by atoms with E-state index in [1.54, 1.807) is 26.0 Å². The summed E-state index contributed by atoms with van der Waals surface area (Å²) in [6, 6.07) is 7.20. The fourth-order valence-corrected chi connectivity index (χ4v) is 3.04. The normalized spacial score (nSPS) is 12.0. The van der Waals surface area contributed by atoms with Crippen molar-refractivity contribution in [2.45, 2.75) is 26.3 Å². The van der Waals surface area contributed by atoms with Crippen LogP contribution in [0.1, 0.15) is 31.1 Å². The number of anilines is 1. The third kappa shape index (κ3) is 6.14. The second-order valence-corrected chi connectivity index (χ2v) is 7.27. The fraction of sp³-hybridized carbons (Fsp3) is 0.500. The summed E-state index contributed by atoms with van der Waals surface area (Å²) in [6.07, 6.45) is 1.09. The first kappa shape index (κ1) is 17.5. The molecule has 1 rings (SSSR count). The third-order valence-corrected chi connectivity index (χ3v) is 3.61. The molecular weight excluding hydrogens is 290 g/mol. The molecule has 1 aromatic rings. The van der Waals surface area contributed by atoms with E-state index in [0.29, 0.717) is 12.1 Å². The Morgan fingerprint density at radius 1 is 1.24 bits per heavy atom. The lowest BCUT2D eigenvalue weighted by atomic mass is 10.1. The molecule has 0 saturated heterocycles. The second-order valence-electron chi connectivity index (χ2n) is 5.52. The van der Waals surface area contributed by atoms with Crippen LogP contribution in [0.5, 0.6) is 0 Å². The number of benzene rings is 1. The molecule has 21 heavy (non-hydrogen) atoms. The molecule has 118 valence electrons. The van der Waals surface area contributed by atoms with E-state index >= 15 is 0 Å². The average molecular weight is 313 g/mol. The summed E-state index contributed by atoms with van der Waals surface area (Å²) >= 11 is 0. The van der Waals surface area contributed by atoms with E-state index in [0.717, 1.165) is 11.9 Å². The highest BCUT2D eigenvalue weighted by molar-refractivity contribution is 7.88. The first-order chi connectivity index (χ1) is 9.64. The van der Waals surface area contributed by atoms with E-state index in [4.69, 9.17) is 0 Å². The maximum absolute atomic E-state index is 12.2. The monoisotopic (exact) mass is 313 g/mol. The van der Waals surface area contributed by atoms with Gasteiger partial charge in [0.2, 0.25) is 10.0 Å². The van der Waals surface area contributed by atoms with Crippen LogP contribution in [0.4, 0.5) is 5.69 Å².